The third-order valence-corrected chi connectivity index (χ3v) is 15.5. The standard InChI is InChI=1S/C78H58N2/c1-5-13-57(14-6-1)61-21-29-65(30-22-61)69-37-45-73(46-38-69)79(74-47-39-70(40-48-74)66-31-23-62(24-32-66)58-15-7-2-8-16-58)77-53-55-78(56-54-77)80(75-49-41-71(42-50-75)67-33-25-63(26-34-67)59-17-9-3-10-18-59)76-51-43-72(44-52-76)68-35-27-64(28-36-68)60-19-11-4-12-20-60/h1-43,45-56,72H,44H2. The number of benzene rings is 12. The molecule has 12 aromatic rings. The molecule has 1 atom stereocenters. The van der Waals surface area contributed by atoms with Crippen molar-refractivity contribution in [2.24, 2.45) is 0 Å². The van der Waals surface area contributed by atoms with E-state index in [1.807, 2.05) is 0 Å². The van der Waals surface area contributed by atoms with Gasteiger partial charge in [-0.05, 0) is 157 Å². The predicted molar refractivity (Wildman–Crippen MR) is 339 cm³/mol. The van der Waals surface area contributed by atoms with Crippen LogP contribution in [0.15, 0.2) is 339 Å². The number of nitrogens with zero attached hydrogens (tertiary/aromatic N) is 2. The van der Waals surface area contributed by atoms with Crippen LogP contribution in [0.25, 0.3) is 77.9 Å². The first-order valence-electron chi connectivity index (χ1n) is 27.7. The molecule has 1 aliphatic rings. The van der Waals surface area contributed by atoms with Crippen LogP contribution in [0.3, 0.4) is 0 Å². The molecule has 380 valence electrons. The molecule has 1 unspecified atom stereocenters. The minimum absolute atomic E-state index is 0.280. The molecule has 0 amide bonds. The molecule has 0 saturated heterocycles. The molecule has 12 aromatic carbocycles. The molecule has 0 bridgehead atoms. The molecule has 2 nitrogen and oxygen atoms in total. The predicted octanol–water partition coefficient (Wildman–Crippen LogP) is 21.6. The van der Waals surface area contributed by atoms with Gasteiger partial charge < -0.3 is 9.80 Å². The number of hydrogen-bond acceptors (Lipinski definition) is 2. The molecule has 0 radical (unpaired) electrons. The van der Waals surface area contributed by atoms with Crippen molar-refractivity contribution >= 4 is 28.4 Å². The summed E-state index contributed by atoms with van der Waals surface area (Å²) in [6.45, 7) is 0. The topological polar surface area (TPSA) is 6.48 Å². The molecule has 80 heavy (non-hydrogen) atoms. The van der Waals surface area contributed by atoms with E-state index in [1.54, 1.807) is 0 Å². The van der Waals surface area contributed by atoms with Gasteiger partial charge in [0.25, 0.3) is 0 Å². The van der Waals surface area contributed by atoms with E-state index in [0.717, 1.165) is 40.6 Å². The van der Waals surface area contributed by atoms with Gasteiger partial charge in [-0.3, -0.25) is 0 Å². The second-order valence-corrected chi connectivity index (χ2v) is 20.5. The highest BCUT2D eigenvalue weighted by Gasteiger charge is 2.21. The number of allylic oxidation sites excluding steroid dienone is 3. The highest BCUT2D eigenvalue weighted by atomic mass is 15.2. The fourth-order valence-corrected chi connectivity index (χ4v) is 11.1. The van der Waals surface area contributed by atoms with E-state index < -0.39 is 0 Å². The van der Waals surface area contributed by atoms with Crippen molar-refractivity contribution in [3.8, 4) is 77.9 Å². The lowest BCUT2D eigenvalue weighted by molar-refractivity contribution is 0.840. The fraction of sp³-hybridized carbons (Fsp3) is 0.0256. The number of rotatable bonds is 14. The minimum atomic E-state index is 0.280. The van der Waals surface area contributed by atoms with Crippen LogP contribution in [0.1, 0.15) is 17.9 Å². The summed E-state index contributed by atoms with van der Waals surface area (Å²) >= 11 is 0. The lowest BCUT2D eigenvalue weighted by atomic mass is 9.90. The van der Waals surface area contributed by atoms with Crippen LogP contribution in [0, 0.1) is 0 Å². The SMILES string of the molecule is C1=CC(c2ccc(-c3ccccc3)cc2)CC=C1N(c1ccc(-c2ccc(-c3ccccc3)cc2)cc1)c1ccc(N(c2ccc(-c3ccc(-c4ccccc4)cc3)cc2)c2ccc(-c3ccc(-c4ccccc4)cc3)cc2)cc1. The third kappa shape index (κ3) is 10.7. The number of anilines is 5. The van der Waals surface area contributed by atoms with Gasteiger partial charge in [-0.1, -0.05) is 267 Å². The maximum absolute atomic E-state index is 2.40. The van der Waals surface area contributed by atoms with E-state index in [-0.39, 0.29) is 5.92 Å². The van der Waals surface area contributed by atoms with Crippen molar-refractivity contribution in [1.82, 2.24) is 0 Å². The van der Waals surface area contributed by atoms with Crippen LogP contribution in [0.2, 0.25) is 0 Å². The lowest BCUT2D eigenvalue weighted by Crippen LogP contribution is -2.17. The van der Waals surface area contributed by atoms with Crippen LogP contribution in [0.5, 0.6) is 0 Å². The first-order valence-corrected chi connectivity index (χ1v) is 27.7. The molecule has 0 N–H and O–H groups in total. The highest BCUT2D eigenvalue weighted by molar-refractivity contribution is 5.83. The Morgan fingerprint density at radius 3 is 0.675 bits per heavy atom. The van der Waals surface area contributed by atoms with Crippen molar-refractivity contribution in [3.05, 3.63) is 345 Å². The molecule has 2 heteroatoms. The Hall–Kier alpha value is -10.3. The molecule has 0 spiro atoms. The molecule has 0 aliphatic heterocycles. The van der Waals surface area contributed by atoms with Gasteiger partial charge in [0.1, 0.15) is 0 Å². The smallest absolute Gasteiger partial charge is 0.0463 e. The van der Waals surface area contributed by atoms with E-state index in [2.05, 4.69) is 343 Å². The zero-order chi connectivity index (χ0) is 53.5. The van der Waals surface area contributed by atoms with Crippen LogP contribution in [-0.4, -0.2) is 0 Å². The highest BCUT2D eigenvalue weighted by Crippen LogP contribution is 2.42. The second-order valence-electron chi connectivity index (χ2n) is 20.5. The van der Waals surface area contributed by atoms with Crippen molar-refractivity contribution < 1.29 is 0 Å². The van der Waals surface area contributed by atoms with Gasteiger partial charge in [0.15, 0.2) is 0 Å². The van der Waals surface area contributed by atoms with E-state index in [0.29, 0.717) is 0 Å². The van der Waals surface area contributed by atoms with Gasteiger partial charge in [-0.2, -0.15) is 0 Å². The Kier molecular flexibility index (Phi) is 14.0. The van der Waals surface area contributed by atoms with Crippen LogP contribution >= 0.6 is 0 Å². The monoisotopic (exact) mass is 1020 g/mol. The molecule has 1 aliphatic carbocycles. The maximum Gasteiger partial charge on any atom is 0.0463 e. The maximum atomic E-state index is 2.40. The van der Waals surface area contributed by atoms with Crippen molar-refractivity contribution in [1.29, 1.82) is 0 Å². The summed E-state index contributed by atoms with van der Waals surface area (Å²) < 4.78 is 0. The Balaban J connectivity index is 0.826. The second kappa shape index (κ2) is 22.7. The van der Waals surface area contributed by atoms with E-state index in [9.17, 15) is 0 Å². The molecule has 0 heterocycles. The summed E-state index contributed by atoms with van der Waals surface area (Å²) in [5.41, 5.74) is 24.7. The zero-order valence-corrected chi connectivity index (χ0v) is 44.4. The van der Waals surface area contributed by atoms with Crippen molar-refractivity contribution in [2.45, 2.75) is 12.3 Å². The van der Waals surface area contributed by atoms with E-state index in [4.69, 9.17) is 0 Å². The normalized spacial score (nSPS) is 12.8. The summed E-state index contributed by atoms with van der Waals surface area (Å²) in [6.07, 6.45) is 7.98. The van der Waals surface area contributed by atoms with Crippen molar-refractivity contribution in [2.75, 3.05) is 9.80 Å². The van der Waals surface area contributed by atoms with Gasteiger partial charge in [0.2, 0.25) is 0 Å². The van der Waals surface area contributed by atoms with Gasteiger partial charge >= 0.3 is 0 Å². The van der Waals surface area contributed by atoms with Crippen LogP contribution < -0.4 is 9.80 Å². The summed E-state index contributed by atoms with van der Waals surface area (Å²) in [6, 6.07) is 114. The zero-order valence-electron chi connectivity index (χ0n) is 44.4. The van der Waals surface area contributed by atoms with Gasteiger partial charge in [-0.15, -0.1) is 0 Å². The fourth-order valence-electron chi connectivity index (χ4n) is 11.1. The minimum Gasteiger partial charge on any atom is -0.311 e. The van der Waals surface area contributed by atoms with Gasteiger partial charge in [0.05, 0.1) is 0 Å². The summed E-state index contributed by atoms with van der Waals surface area (Å²) in [4.78, 5) is 4.77. The molecule has 0 fully saturated rings. The third-order valence-electron chi connectivity index (χ3n) is 15.5. The van der Waals surface area contributed by atoms with Gasteiger partial charge in [0, 0.05) is 40.1 Å². The lowest BCUT2D eigenvalue weighted by Gasteiger charge is -2.30. The first kappa shape index (κ1) is 49.3. The average molecular weight is 1020 g/mol. The summed E-state index contributed by atoms with van der Waals surface area (Å²) in [7, 11) is 0. The average Bonchev–Trinajstić information content (AvgIpc) is 3.58. The van der Waals surface area contributed by atoms with Crippen LogP contribution in [-0.2, 0) is 0 Å². The largest absolute Gasteiger partial charge is 0.311 e. The Morgan fingerprint density at radius 2 is 0.425 bits per heavy atom. The molecule has 0 aromatic heterocycles. The summed E-state index contributed by atoms with van der Waals surface area (Å²) in [5.74, 6) is 0.280. The molecule has 13 rings (SSSR count). The summed E-state index contributed by atoms with van der Waals surface area (Å²) in [5, 5.41) is 0. The Bertz CT molecular complexity index is 3900. The molecular weight excluding hydrogens is 965 g/mol. The van der Waals surface area contributed by atoms with E-state index >= 15 is 0 Å². The van der Waals surface area contributed by atoms with Gasteiger partial charge in [-0.25, -0.2) is 0 Å². The van der Waals surface area contributed by atoms with E-state index in [1.165, 1.54) is 83.5 Å². The first-order chi connectivity index (χ1) is 39.6. The quantitative estimate of drug-likeness (QED) is 0.107. The molecule has 0 saturated carbocycles. The molecular formula is C78H58N2. The Labute approximate surface area is 470 Å². The van der Waals surface area contributed by atoms with Crippen molar-refractivity contribution in [3.63, 3.8) is 0 Å². The van der Waals surface area contributed by atoms with Crippen LogP contribution in [0.4, 0.5) is 28.4 Å². The number of hydrogen-bond donors (Lipinski definition) is 0. The Morgan fingerprint density at radius 1 is 0.212 bits per heavy atom.